The Morgan fingerprint density at radius 2 is 1.90 bits per heavy atom. The molecule has 0 aliphatic heterocycles. The Kier molecular flexibility index (Phi) is 7.83. The van der Waals surface area contributed by atoms with E-state index < -0.39 is 23.7 Å². The quantitative estimate of drug-likeness (QED) is 0.238. The second-order valence-electron chi connectivity index (χ2n) is 10.0. The highest BCUT2D eigenvalue weighted by atomic mass is 32.1. The van der Waals surface area contributed by atoms with Crippen LogP contribution in [0.4, 0.5) is 10.1 Å². The van der Waals surface area contributed by atoms with Gasteiger partial charge in [0.1, 0.15) is 16.7 Å². The molecule has 0 radical (unpaired) electrons. The molecule has 1 atom stereocenters. The number of anilines is 1. The van der Waals surface area contributed by atoms with E-state index in [2.05, 4.69) is 14.7 Å². The van der Waals surface area contributed by atoms with Gasteiger partial charge >= 0.3 is 0 Å². The summed E-state index contributed by atoms with van der Waals surface area (Å²) in [5.41, 5.74) is 14.4. The van der Waals surface area contributed by atoms with Crippen LogP contribution in [0.1, 0.15) is 75.5 Å². The molecule has 2 heterocycles. The van der Waals surface area contributed by atoms with E-state index in [-0.39, 0.29) is 34.8 Å². The number of H-pyrrole nitrogens is 1. The Morgan fingerprint density at radius 3 is 2.55 bits per heavy atom. The molecule has 40 heavy (non-hydrogen) atoms. The lowest BCUT2D eigenvalue weighted by Gasteiger charge is -2.32. The summed E-state index contributed by atoms with van der Waals surface area (Å²) in [5, 5.41) is 3.97. The summed E-state index contributed by atoms with van der Waals surface area (Å²) < 4.78 is 17.7. The summed E-state index contributed by atoms with van der Waals surface area (Å²) in [6.07, 6.45) is 6.31. The van der Waals surface area contributed by atoms with Crippen molar-refractivity contribution < 1.29 is 18.8 Å². The molecule has 5 rings (SSSR count). The highest BCUT2D eigenvalue weighted by Gasteiger charge is 2.37. The number of nitrogen functional groups attached to an aromatic ring is 1. The molecular weight excluding hydrogens is 531 g/mol. The number of primary amides is 1. The number of rotatable bonds is 9. The van der Waals surface area contributed by atoms with E-state index in [1.165, 1.54) is 17.0 Å². The maximum Gasteiger partial charge on any atom is 0.270 e. The highest BCUT2D eigenvalue weighted by molar-refractivity contribution is 7.09. The number of para-hydroxylation sites is 1. The van der Waals surface area contributed by atoms with Crippen LogP contribution >= 0.6 is 11.5 Å². The molecule has 1 aliphatic rings. The minimum atomic E-state index is -1.06. The normalized spacial score (nSPS) is 14.3. The second kappa shape index (κ2) is 11.5. The third kappa shape index (κ3) is 5.29. The fourth-order valence-electron chi connectivity index (χ4n) is 5.39. The molecule has 3 amide bonds. The number of aryl methyl sites for hydroxylation is 1. The zero-order valence-corrected chi connectivity index (χ0v) is 22.9. The van der Waals surface area contributed by atoms with E-state index >= 15 is 0 Å². The number of carbonyl (C=O) groups excluding carboxylic acids is 3. The maximum absolute atomic E-state index is 14.2. The number of nitrogens with two attached hydrogens (primary N) is 2. The molecule has 2 aromatic carbocycles. The fourth-order valence-corrected chi connectivity index (χ4v) is 6.15. The van der Waals surface area contributed by atoms with Gasteiger partial charge in [0.15, 0.2) is 5.69 Å². The molecule has 0 unspecified atom stereocenters. The van der Waals surface area contributed by atoms with Crippen LogP contribution in [0.15, 0.2) is 48.7 Å². The number of hydrogen-bond donors (Lipinski definition) is 4. The first-order valence-corrected chi connectivity index (χ1v) is 14.0. The summed E-state index contributed by atoms with van der Waals surface area (Å²) in [7, 11) is 0. The summed E-state index contributed by atoms with van der Waals surface area (Å²) in [4.78, 5) is 44.9. The van der Waals surface area contributed by atoms with Gasteiger partial charge in [-0.05, 0) is 54.1 Å². The van der Waals surface area contributed by atoms with Gasteiger partial charge in [0.05, 0.1) is 5.69 Å². The van der Waals surface area contributed by atoms with Crippen molar-refractivity contribution in [2.45, 2.75) is 57.7 Å². The van der Waals surface area contributed by atoms with Gasteiger partial charge in [-0.1, -0.05) is 50.1 Å². The second-order valence-corrected chi connectivity index (χ2v) is 10.8. The third-order valence-electron chi connectivity index (χ3n) is 7.45. The number of nitrogens with one attached hydrogen (secondary N) is 2. The van der Waals surface area contributed by atoms with Gasteiger partial charge in [-0.25, -0.2) is 4.39 Å². The molecule has 0 spiro atoms. The molecule has 0 saturated heterocycles. The van der Waals surface area contributed by atoms with Gasteiger partial charge < -0.3 is 26.7 Å². The molecule has 1 fully saturated rings. The number of halogens is 1. The average Bonchev–Trinajstić information content (AvgIpc) is 3.69. The van der Waals surface area contributed by atoms with Crippen molar-refractivity contribution in [2.24, 2.45) is 5.73 Å². The number of amides is 3. The van der Waals surface area contributed by atoms with Crippen molar-refractivity contribution in [1.82, 2.24) is 19.6 Å². The predicted molar refractivity (Wildman–Crippen MR) is 152 cm³/mol. The zero-order chi connectivity index (χ0) is 28.4. The lowest BCUT2D eigenvalue weighted by Crippen LogP contribution is -2.45. The van der Waals surface area contributed by atoms with E-state index in [1.807, 2.05) is 25.1 Å². The molecule has 6 N–H and O–H groups in total. The Labute approximate surface area is 234 Å². The van der Waals surface area contributed by atoms with Crippen LogP contribution in [0, 0.1) is 5.82 Å². The number of benzene rings is 2. The Balaban J connectivity index is 1.66. The molecule has 9 nitrogen and oxygen atoms in total. The lowest BCUT2D eigenvalue weighted by molar-refractivity contribution is -0.126. The van der Waals surface area contributed by atoms with Crippen molar-refractivity contribution in [3.05, 3.63) is 81.7 Å². The van der Waals surface area contributed by atoms with Crippen LogP contribution in [0.25, 0.3) is 10.9 Å². The topological polar surface area (TPSA) is 147 Å². The predicted octanol–water partition coefficient (Wildman–Crippen LogP) is 4.45. The van der Waals surface area contributed by atoms with Crippen molar-refractivity contribution in [1.29, 1.82) is 0 Å². The SMILES string of the molecule is CCc1cccc2c([C@H](C(=O)NC3CCCC3)N(Cc3ccc(F)cc3)C(=O)c3snc(C(N)=O)c3N)c[nH]c12. The summed E-state index contributed by atoms with van der Waals surface area (Å²) in [6.45, 7) is 2.03. The van der Waals surface area contributed by atoms with Gasteiger partial charge in [-0.15, -0.1) is 0 Å². The summed E-state index contributed by atoms with van der Waals surface area (Å²) >= 11 is 0.756. The third-order valence-corrected chi connectivity index (χ3v) is 8.30. The molecule has 4 aromatic rings. The number of fused-ring (bicyclic) bond motifs is 1. The van der Waals surface area contributed by atoms with Crippen molar-refractivity contribution in [3.63, 3.8) is 0 Å². The first-order chi connectivity index (χ1) is 19.3. The van der Waals surface area contributed by atoms with Gasteiger partial charge in [0.25, 0.3) is 11.8 Å². The maximum atomic E-state index is 14.2. The van der Waals surface area contributed by atoms with Gasteiger partial charge in [0.2, 0.25) is 5.91 Å². The van der Waals surface area contributed by atoms with E-state index in [4.69, 9.17) is 11.5 Å². The summed E-state index contributed by atoms with van der Waals surface area (Å²) in [6, 6.07) is 10.5. The first kappa shape index (κ1) is 27.3. The zero-order valence-electron chi connectivity index (χ0n) is 22.1. The minimum Gasteiger partial charge on any atom is -0.395 e. The molecule has 208 valence electrons. The lowest BCUT2D eigenvalue weighted by atomic mass is 9.99. The number of nitrogens with zero attached hydrogens (tertiary/aromatic N) is 2. The van der Waals surface area contributed by atoms with E-state index in [9.17, 15) is 18.8 Å². The van der Waals surface area contributed by atoms with Crippen LogP contribution in [-0.2, 0) is 17.8 Å². The van der Waals surface area contributed by atoms with Crippen molar-refractivity contribution in [2.75, 3.05) is 5.73 Å². The number of carbonyl (C=O) groups is 3. The molecule has 1 saturated carbocycles. The fraction of sp³-hybridized carbons (Fsp3) is 0.310. The summed E-state index contributed by atoms with van der Waals surface area (Å²) in [5.74, 6) is -2.18. The minimum absolute atomic E-state index is 0.00339. The monoisotopic (exact) mass is 562 g/mol. The highest BCUT2D eigenvalue weighted by Crippen LogP contribution is 2.35. The molecule has 11 heteroatoms. The van der Waals surface area contributed by atoms with Gasteiger partial charge in [-0.3, -0.25) is 14.4 Å². The van der Waals surface area contributed by atoms with E-state index in [1.54, 1.807) is 18.3 Å². The van der Waals surface area contributed by atoms with Crippen LogP contribution < -0.4 is 16.8 Å². The molecular formula is C29H31FN6O3S. The largest absolute Gasteiger partial charge is 0.395 e. The van der Waals surface area contributed by atoms with E-state index in [0.717, 1.165) is 60.1 Å². The van der Waals surface area contributed by atoms with Crippen molar-refractivity contribution in [3.8, 4) is 0 Å². The van der Waals surface area contributed by atoms with Gasteiger partial charge in [-0.2, -0.15) is 4.37 Å². The number of aromatic nitrogens is 2. The Hall–Kier alpha value is -4.25. The van der Waals surface area contributed by atoms with Gasteiger partial charge in [0, 0.05) is 35.2 Å². The molecule has 1 aliphatic carbocycles. The van der Waals surface area contributed by atoms with E-state index in [0.29, 0.717) is 11.1 Å². The Bertz CT molecular complexity index is 1560. The van der Waals surface area contributed by atoms with Crippen molar-refractivity contribution >= 4 is 45.8 Å². The molecule has 2 aromatic heterocycles. The van der Waals surface area contributed by atoms with Crippen LogP contribution in [-0.4, -0.2) is 38.0 Å². The molecule has 0 bridgehead atoms. The smallest absolute Gasteiger partial charge is 0.270 e. The van der Waals surface area contributed by atoms with Crippen LogP contribution in [0.2, 0.25) is 0 Å². The van der Waals surface area contributed by atoms with Crippen LogP contribution in [0.3, 0.4) is 0 Å². The number of hydrogen-bond acceptors (Lipinski definition) is 6. The number of aromatic amines is 1. The average molecular weight is 563 g/mol. The van der Waals surface area contributed by atoms with Crippen LogP contribution in [0.5, 0.6) is 0 Å². The first-order valence-electron chi connectivity index (χ1n) is 13.3. The standard InChI is InChI=1S/C29H31FN6O3S/c1-2-17-6-5-9-20-21(14-33-23(17)20)25(28(38)34-19-7-3-4-8-19)36(15-16-10-12-18(30)13-11-16)29(39)26-22(31)24(27(32)37)35-40-26/h5-6,9-14,19,25,33H,2-4,7-8,15,31H2,1H3,(H2,32,37)(H,34,38)/t25-/m1/s1. The Morgan fingerprint density at radius 1 is 1.18 bits per heavy atom.